The molecule has 4 nitrogen and oxygen atoms in total. The molecule has 7 heteroatoms. The number of methoxy groups -OCH3 is 1. The van der Waals surface area contributed by atoms with Crippen molar-refractivity contribution in [2.75, 3.05) is 7.11 Å². The van der Waals surface area contributed by atoms with Gasteiger partial charge in [0.25, 0.3) is 5.91 Å². The molecule has 1 N–H and O–H groups in total. The van der Waals surface area contributed by atoms with Gasteiger partial charge >= 0.3 is 5.97 Å². The third kappa shape index (κ3) is 5.14. The average Bonchev–Trinajstić information content (AvgIpc) is 2.52. The monoisotopic (exact) mass is 457 g/mol. The van der Waals surface area contributed by atoms with Gasteiger partial charge in [-0.2, -0.15) is 0 Å². The Balaban J connectivity index is 2.19. The molecule has 2 aromatic carbocycles. The molecule has 2 rings (SSSR count). The summed E-state index contributed by atoms with van der Waals surface area (Å²) in [5.41, 5.74) is 0.963. The third-order valence-corrected chi connectivity index (χ3v) is 4.16. The van der Waals surface area contributed by atoms with Crippen LogP contribution in [0.15, 0.2) is 51.4 Å². The van der Waals surface area contributed by atoms with E-state index in [0.29, 0.717) is 11.1 Å². The van der Waals surface area contributed by atoms with Crippen molar-refractivity contribution in [1.29, 1.82) is 0 Å². The van der Waals surface area contributed by atoms with E-state index in [1.807, 2.05) is 0 Å². The van der Waals surface area contributed by atoms with E-state index in [4.69, 9.17) is 4.74 Å². The standard InChI is InChI=1S/C17H14Br2FNO3/c1-24-17(23)15(6-10-3-2-4-14(20)5-10)21-16(22)11-7-12(18)9-13(19)8-11/h2-5,7-9,15H,6H2,1H3,(H,21,22)/t15-/m0/s1. The van der Waals surface area contributed by atoms with Gasteiger partial charge in [-0.25, -0.2) is 9.18 Å². The highest BCUT2D eigenvalue weighted by molar-refractivity contribution is 9.11. The first kappa shape index (κ1) is 18.6. The van der Waals surface area contributed by atoms with Crippen LogP contribution in [0.2, 0.25) is 0 Å². The lowest BCUT2D eigenvalue weighted by Gasteiger charge is -2.17. The van der Waals surface area contributed by atoms with E-state index in [-0.39, 0.29) is 6.42 Å². The number of esters is 1. The number of benzene rings is 2. The van der Waals surface area contributed by atoms with Crippen LogP contribution in [0.4, 0.5) is 4.39 Å². The number of amides is 1. The first-order valence-electron chi connectivity index (χ1n) is 6.98. The van der Waals surface area contributed by atoms with Crippen molar-refractivity contribution in [2.45, 2.75) is 12.5 Å². The average molecular weight is 459 g/mol. The molecular weight excluding hydrogens is 445 g/mol. The van der Waals surface area contributed by atoms with E-state index in [0.717, 1.165) is 8.95 Å². The minimum Gasteiger partial charge on any atom is -0.467 e. The van der Waals surface area contributed by atoms with E-state index in [1.165, 1.54) is 19.2 Å². The number of carbonyl (C=O) groups is 2. The number of nitrogens with one attached hydrogen (secondary N) is 1. The summed E-state index contributed by atoms with van der Waals surface area (Å²) in [5.74, 6) is -1.43. The number of carbonyl (C=O) groups excluding carboxylic acids is 2. The van der Waals surface area contributed by atoms with Crippen LogP contribution >= 0.6 is 31.9 Å². The second kappa shape index (κ2) is 8.39. The summed E-state index contributed by atoms with van der Waals surface area (Å²) in [5, 5.41) is 2.63. The van der Waals surface area contributed by atoms with Crippen LogP contribution in [0.1, 0.15) is 15.9 Å². The molecule has 0 aliphatic heterocycles. The largest absolute Gasteiger partial charge is 0.467 e. The minimum absolute atomic E-state index is 0.130. The molecule has 0 unspecified atom stereocenters. The van der Waals surface area contributed by atoms with Gasteiger partial charge in [-0.15, -0.1) is 0 Å². The Morgan fingerprint density at radius 3 is 2.42 bits per heavy atom. The van der Waals surface area contributed by atoms with Crippen molar-refractivity contribution >= 4 is 43.7 Å². The van der Waals surface area contributed by atoms with Crippen molar-refractivity contribution in [1.82, 2.24) is 5.32 Å². The summed E-state index contributed by atoms with van der Waals surface area (Å²) < 4.78 is 19.5. The predicted molar refractivity (Wildman–Crippen MR) is 95.2 cm³/mol. The van der Waals surface area contributed by atoms with Crippen molar-refractivity contribution in [3.05, 3.63) is 68.4 Å². The number of hydrogen-bond donors (Lipinski definition) is 1. The Hall–Kier alpha value is -1.73. The van der Waals surface area contributed by atoms with Crippen LogP contribution < -0.4 is 5.32 Å². The Bertz CT molecular complexity index is 747. The van der Waals surface area contributed by atoms with Crippen molar-refractivity contribution in [2.24, 2.45) is 0 Å². The Morgan fingerprint density at radius 2 is 1.83 bits per heavy atom. The molecule has 0 aromatic heterocycles. The fourth-order valence-corrected chi connectivity index (χ4v) is 3.46. The minimum atomic E-state index is -0.915. The Kier molecular flexibility index (Phi) is 6.51. The van der Waals surface area contributed by atoms with Gasteiger partial charge in [0.15, 0.2) is 0 Å². The lowest BCUT2D eigenvalue weighted by Crippen LogP contribution is -2.43. The highest BCUT2D eigenvalue weighted by Gasteiger charge is 2.23. The van der Waals surface area contributed by atoms with Crippen LogP contribution in [0.25, 0.3) is 0 Å². The molecule has 0 saturated heterocycles. The van der Waals surface area contributed by atoms with E-state index in [2.05, 4.69) is 37.2 Å². The Labute approximate surface area is 155 Å². The van der Waals surface area contributed by atoms with Gasteiger partial charge in [0.05, 0.1) is 7.11 Å². The molecule has 24 heavy (non-hydrogen) atoms. The van der Waals surface area contributed by atoms with E-state index < -0.39 is 23.7 Å². The van der Waals surface area contributed by atoms with Gasteiger partial charge in [-0.05, 0) is 35.9 Å². The van der Waals surface area contributed by atoms with Crippen molar-refractivity contribution in [3.8, 4) is 0 Å². The summed E-state index contributed by atoms with van der Waals surface area (Å²) in [4.78, 5) is 24.4. The summed E-state index contributed by atoms with van der Waals surface area (Å²) in [6.07, 6.45) is 0.130. The van der Waals surface area contributed by atoms with Crippen molar-refractivity contribution < 1.29 is 18.7 Å². The Morgan fingerprint density at radius 1 is 1.17 bits per heavy atom. The lowest BCUT2D eigenvalue weighted by atomic mass is 10.1. The zero-order chi connectivity index (χ0) is 17.7. The molecule has 0 aliphatic carbocycles. The van der Waals surface area contributed by atoms with Crippen LogP contribution in [-0.2, 0) is 16.0 Å². The first-order valence-corrected chi connectivity index (χ1v) is 8.57. The van der Waals surface area contributed by atoms with E-state index in [1.54, 1.807) is 30.3 Å². The van der Waals surface area contributed by atoms with E-state index >= 15 is 0 Å². The number of halogens is 3. The highest BCUT2D eigenvalue weighted by atomic mass is 79.9. The molecule has 1 atom stereocenters. The second-order valence-corrected chi connectivity index (χ2v) is 6.87. The SMILES string of the molecule is COC(=O)[C@H](Cc1cccc(F)c1)NC(=O)c1cc(Br)cc(Br)c1. The van der Waals surface area contributed by atoms with Gasteiger partial charge in [0.2, 0.25) is 0 Å². The zero-order valence-corrected chi connectivity index (χ0v) is 15.9. The number of hydrogen-bond acceptors (Lipinski definition) is 3. The topological polar surface area (TPSA) is 55.4 Å². The molecule has 2 aromatic rings. The smallest absolute Gasteiger partial charge is 0.328 e. The number of rotatable bonds is 5. The highest BCUT2D eigenvalue weighted by Crippen LogP contribution is 2.20. The summed E-state index contributed by atoms with van der Waals surface area (Å²) in [6.45, 7) is 0. The molecule has 0 aliphatic rings. The number of ether oxygens (including phenoxy) is 1. The van der Waals surface area contributed by atoms with Crippen LogP contribution in [0, 0.1) is 5.82 Å². The summed E-state index contributed by atoms with van der Waals surface area (Å²) >= 11 is 6.62. The molecule has 0 saturated carbocycles. The normalized spacial score (nSPS) is 11.7. The molecule has 0 radical (unpaired) electrons. The third-order valence-electron chi connectivity index (χ3n) is 3.24. The van der Waals surface area contributed by atoms with Gasteiger partial charge in [-0.3, -0.25) is 4.79 Å². The summed E-state index contributed by atoms with van der Waals surface area (Å²) in [7, 11) is 1.24. The molecule has 0 bridgehead atoms. The van der Waals surface area contributed by atoms with Gasteiger partial charge < -0.3 is 10.1 Å². The molecule has 0 heterocycles. The quantitative estimate of drug-likeness (QED) is 0.692. The molecule has 0 spiro atoms. The van der Waals surface area contributed by atoms with Gasteiger partial charge in [0, 0.05) is 20.9 Å². The molecule has 0 fully saturated rings. The predicted octanol–water partition coefficient (Wildman–Crippen LogP) is 3.86. The van der Waals surface area contributed by atoms with Gasteiger partial charge in [0.1, 0.15) is 11.9 Å². The maximum atomic E-state index is 13.3. The zero-order valence-electron chi connectivity index (χ0n) is 12.7. The van der Waals surface area contributed by atoms with Crippen LogP contribution in [-0.4, -0.2) is 25.0 Å². The maximum absolute atomic E-state index is 13.3. The lowest BCUT2D eigenvalue weighted by molar-refractivity contribution is -0.142. The molecule has 126 valence electrons. The van der Waals surface area contributed by atoms with Crippen molar-refractivity contribution in [3.63, 3.8) is 0 Å². The van der Waals surface area contributed by atoms with Crippen LogP contribution in [0.5, 0.6) is 0 Å². The molecule has 1 amide bonds. The fraction of sp³-hybridized carbons (Fsp3) is 0.176. The van der Waals surface area contributed by atoms with Gasteiger partial charge in [-0.1, -0.05) is 44.0 Å². The fourth-order valence-electron chi connectivity index (χ4n) is 2.16. The summed E-state index contributed by atoms with van der Waals surface area (Å²) in [6, 6.07) is 10.0. The molecular formula is C17H14Br2FNO3. The first-order chi connectivity index (χ1) is 11.4. The maximum Gasteiger partial charge on any atom is 0.328 e. The van der Waals surface area contributed by atoms with Crippen LogP contribution in [0.3, 0.4) is 0 Å². The second-order valence-electron chi connectivity index (χ2n) is 5.04. The van der Waals surface area contributed by atoms with E-state index in [9.17, 15) is 14.0 Å².